The second kappa shape index (κ2) is 6.10. The van der Waals surface area contributed by atoms with Gasteiger partial charge in [0, 0.05) is 24.2 Å². The van der Waals surface area contributed by atoms with Crippen molar-refractivity contribution in [3.8, 4) is 0 Å². The van der Waals surface area contributed by atoms with Crippen LogP contribution < -0.4 is 5.32 Å². The molecule has 92 valence electrons. The Morgan fingerprint density at radius 2 is 2.12 bits per heavy atom. The molecule has 0 atom stereocenters. The summed E-state index contributed by atoms with van der Waals surface area (Å²) in [4.78, 5) is 21.2. The van der Waals surface area contributed by atoms with Crippen molar-refractivity contribution in [2.45, 2.75) is 19.9 Å². The predicted molar refractivity (Wildman–Crippen MR) is 60.4 cm³/mol. The Labute approximate surface area is 98.5 Å². The van der Waals surface area contributed by atoms with Gasteiger partial charge in [0.25, 0.3) is 0 Å². The van der Waals surface area contributed by atoms with Gasteiger partial charge in [0.05, 0.1) is 6.42 Å². The summed E-state index contributed by atoms with van der Waals surface area (Å²) in [7, 11) is 0. The number of carbonyl (C=O) groups is 2. The van der Waals surface area contributed by atoms with Crippen LogP contribution in [0.1, 0.15) is 29.3 Å². The molecule has 1 aromatic carbocycles. The van der Waals surface area contributed by atoms with Crippen molar-refractivity contribution in [1.29, 1.82) is 0 Å². The molecule has 0 bridgehead atoms. The Balaban J connectivity index is 2.54. The summed E-state index contributed by atoms with van der Waals surface area (Å²) >= 11 is 0. The number of rotatable bonds is 6. The first kappa shape index (κ1) is 13.3. The third-order valence-electron chi connectivity index (χ3n) is 2.29. The van der Waals surface area contributed by atoms with Gasteiger partial charge >= 0.3 is 5.97 Å². The highest BCUT2D eigenvalue weighted by atomic mass is 19.1. The molecule has 0 saturated heterocycles. The van der Waals surface area contributed by atoms with Crippen LogP contribution in [0.3, 0.4) is 0 Å². The molecule has 17 heavy (non-hydrogen) atoms. The van der Waals surface area contributed by atoms with Crippen molar-refractivity contribution in [1.82, 2.24) is 5.32 Å². The zero-order chi connectivity index (χ0) is 12.8. The van der Waals surface area contributed by atoms with E-state index in [1.165, 1.54) is 19.1 Å². The van der Waals surface area contributed by atoms with Crippen molar-refractivity contribution in [3.63, 3.8) is 0 Å². The average molecular weight is 239 g/mol. The van der Waals surface area contributed by atoms with Crippen molar-refractivity contribution < 1.29 is 19.1 Å². The number of Topliss-reactive ketones (excluding diaryl/α,β-unsaturated/α-hetero) is 1. The van der Waals surface area contributed by atoms with Gasteiger partial charge in [-0.05, 0) is 13.0 Å². The fraction of sp³-hybridized carbons (Fsp3) is 0.333. The maximum Gasteiger partial charge on any atom is 0.304 e. The summed E-state index contributed by atoms with van der Waals surface area (Å²) < 4.78 is 13.5. The van der Waals surface area contributed by atoms with E-state index in [-0.39, 0.29) is 25.3 Å². The van der Waals surface area contributed by atoms with Gasteiger partial charge in [-0.15, -0.1) is 0 Å². The molecular weight excluding hydrogens is 225 g/mol. The van der Waals surface area contributed by atoms with Crippen LogP contribution in [0.4, 0.5) is 4.39 Å². The Bertz CT molecular complexity index is 432. The first-order valence-electron chi connectivity index (χ1n) is 5.22. The maximum atomic E-state index is 13.5. The third-order valence-corrected chi connectivity index (χ3v) is 2.29. The van der Waals surface area contributed by atoms with Gasteiger partial charge in [0.1, 0.15) is 5.82 Å². The van der Waals surface area contributed by atoms with E-state index in [2.05, 4.69) is 5.32 Å². The minimum Gasteiger partial charge on any atom is -0.481 e. The van der Waals surface area contributed by atoms with Crippen LogP contribution in [0, 0.1) is 5.82 Å². The number of nitrogens with one attached hydrogen (secondary N) is 1. The van der Waals surface area contributed by atoms with Crippen molar-refractivity contribution in [2.75, 3.05) is 6.54 Å². The monoisotopic (exact) mass is 239 g/mol. The lowest BCUT2D eigenvalue weighted by atomic mass is 10.1. The lowest BCUT2D eigenvalue weighted by molar-refractivity contribution is -0.136. The molecule has 0 amide bonds. The first-order valence-corrected chi connectivity index (χ1v) is 5.22. The number of ketones is 1. The number of hydrogen-bond acceptors (Lipinski definition) is 3. The lowest BCUT2D eigenvalue weighted by Crippen LogP contribution is -2.18. The van der Waals surface area contributed by atoms with Gasteiger partial charge in [-0.2, -0.15) is 0 Å². The maximum absolute atomic E-state index is 13.5. The third kappa shape index (κ3) is 4.32. The molecule has 0 fully saturated rings. The summed E-state index contributed by atoms with van der Waals surface area (Å²) in [6, 6.07) is 4.27. The van der Waals surface area contributed by atoms with Crippen LogP contribution in [-0.4, -0.2) is 23.4 Å². The van der Waals surface area contributed by atoms with Crippen LogP contribution in [0.2, 0.25) is 0 Å². The highest BCUT2D eigenvalue weighted by molar-refractivity contribution is 5.94. The molecule has 0 unspecified atom stereocenters. The number of benzene rings is 1. The van der Waals surface area contributed by atoms with Crippen molar-refractivity contribution in [2.24, 2.45) is 0 Å². The number of carboxylic acids is 1. The lowest BCUT2D eigenvalue weighted by Gasteiger charge is -2.05. The zero-order valence-electron chi connectivity index (χ0n) is 9.50. The SMILES string of the molecule is CC(=O)c1ccc(CNCCC(=O)O)c(F)c1. The van der Waals surface area contributed by atoms with E-state index in [9.17, 15) is 14.0 Å². The van der Waals surface area contributed by atoms with Crippen LogP contribution in [0.25, 0.3) is 0 Å². The molecule has 4 nitrogen and oxygen atoms in total. The van der Waals surface area contributed by atoms with Crippen LogP contribution in [0.15, 0.2) is 18.2 Å². The van der Waals surface area contributed by atoms with Crippen molar-refractivity contribution >= 4 is 11.8 Å². The minimum atomic E-state index is -0.898. The molecule has 0 radical (unpaired) electrons. The predicted octanol–water partition coefficient (Wildman–Crippen LogP) is 1.59. The van der Waals surface area contributed by atoms with E-state index in [1.54, 1.807) is 6.07 Å². The number of hydrogen-bond donors (Lipinski definition) is 2. The van der Waals surface area contributed by atoms with Crippen LogP contribution >= 0.6 is 0 Å². The highest BCUT2D eigenvalue weighted by Gasteiger charge is 2.06. The van der Waals surface area contributed by atoms with E-state index in [0.717, 1.165) is 0 Å². The molecule has 2 N–H and O–H groups in total. The summed E-state index contributed by atoms with van der Waals surface area (Å²) in [6.45, 7) is 1.90. The number of halogens is 1. The normalized spacial score (nSPS) is 10.2. The molecule has 0 aromatic heterocycles. The molecule has 0 heterocycles. The Hall–Kier alpha value is -1.75. The molecule has 1 rings (SSSR count). The van der Waals surface area contributed by atoms with E-state index in [1.807, 2.05) is 0 Å². The van der Waals surface area contributed by atoms with Gasteiger partial charge in [0.15, 0.2) is 5.78 Å². The van der Waals surface area contributed by atoms with E-state index in [4.69, 9.17) is 5.11 Å². The van der Waals surface area contributed by atoms with Crippen molar-refractivity contribution in [3.05, 3.63) is 35.1 Å². The number of carbonyl (C=O) groups excluding carboxylic acids is 1. The second-order valence-electron chi connectivity index (χ2n) is 3.68. The molecule has 1 aromatic rings. The Morgan fingerprint density at radius 1 is 1.41 bits per heavy atom. The number of aliphatic carboxylic acids is 1. The summed E-state index contributed by atoms with van der Waals surface area (Å²) in [6.07, 6.45) is -0.00680. The quantitative estimate of drug-likeness (QED) is 0.584. The molecule has 0 aliphatic rings. The van der Waals surface area contributed by atoms with Crippen LogP contribution in [-0.2, 0) is 11.3 Å². The molecule has 0 spiro atoms. The van der Waals surface area contributed by atoms with E-state index < -0.39 is 11.8 Å². The van der Waals surface area contributed by atoms with Gasteiger partial charge in [0.2, 0.25) is 0 Å². The molecule has 0 aliphatic heterocycles. The van der Waals surface area contributed by atoms with Gasteiger partial charge in [-0.1, -0.05) is 12.1 Å². The standard InChI is InChI=1S/C12H14FNO3/c1-8(15)9-2-3-10(11(13)6-9)7-14-5-4-12(16)17/h2-3,6,14H,4-5,7H2,1H3,(H,16,17). The minimum absolute atomic E-state index is 0.00680. The zero-order valence-corrected chi connectivity index (χ0v) is 9.50. The molecule has 0 saturated carbocycles. The smallest absolute Gasteiger partial charge is 0.304 e. The topological polar surface area (TPSA) is 66.4 Å². The Morgan fingerprint density at radius 3 is 2.65 bits per heavy atom. The van der Waals surface area contributed by atoms with E-state index in [0.29, 0.717) is 11.1 Å². The fourth-order valence-electron chi connectivity index (χ4n) is 1.33. The van der Waals surface area contributed by atoms with Gasteiger partial charge in [-0.25, -0.2) is 4.39 Å². The fourth-order valence-corrected chi connectivity index (χ4v) is 1.33. The summed E-state index contributed by atoms with van der Waals surface area (Å²) in [5.74, 6) is -1.54. The van der Waals surface area contributed by atoms with Gasteiger partial charge in [-0.3, -0.25) is 9.59 Å². The highest BCUT2D eigenvalue weighted by Crippen LogP contribution is 2.10. The van der Waals surface area contributed by atoms with Gasteiger partial charge < -0.3 is 10.4 Å². The molecular formula is C12H14FNO3. The first-order chi connectivity index (χ1) is 8.00. The largest absolute Gasteiger partial charge is 0.481 e. The van der Waals surface area contributed by atoms with E-state index >= 15 is 0 Å². The summed E-state index contributed by atoms with van der Waals surface area (Å²) in [5, 5.41) is 11.2. The average Bonchev–Trinajstić information content (AvgIpc) is 2.25. The second-order valence-corrected chi connectivity index (χ2v) is 3.68. The summed E-state index contributed by atoms with van der Waals surface area (Å²) in [5.41, 5.74) is 0.747. The number of carboxylic acid groups (broad SMARTS) is 1. The Kier molecular flexibility index (Phi) is 4.78. The molecule has 0 aliphatic carbocycles. The molecule has 5 heteroatoms. The van der Waals surface area contributed by atoms with Crippen LogP contribution in [0.5, 0.6) is 0 Å².